The highest BCUT2D eigenvalue weighted by Gasteiger charge is 2.30. The molecule has 2 amide bonds. The number of fused-ring (bicyclic) bond motifs is 1. The summed E-state index contributed by atoms with van der Waals surface area (Å²) in [7, 11) is 0. The number of alkyl carbamates (subject to hydrolysis) is 1. The summed E-state index contributed by atoms with van der Waals surface area (Å²) in [5.74, 6) is -1.25. The number of nitrogens with one attached hydrogen (secondary N) is 4. The van der Waals surface area contributed by atoms with Gasteiger partial charge in [0.25, 0.3) is 0 Å². The number of ketones is 1. The van der Waals surface area contributed by atoms with Gasteiger partial charge in [0.2, 0.25) is 5.91 Å². The van der Waals surface area contributed by atoms with Crippen molar-refractivity contribution < 1.29 is 29.0 Å². The van der Waals surface area contributed by atoms with E-state index in [0.29, 0.717) is 17.8 Å². The normalized spacial score (nSPS) is 15.5. The van der Waals surface area contributed by atoms with Gasteiger partial charge in [-0.2, -0.15) is 5.21 Å². The average Bonchev–Trinajstić information content (AvgIpc) is 3.44. The first kappa shape index (κ1) is 25.6. The maximum Gasteiger partial charge on any atom is 0.408 e. The minimum Gasteiger partial charge on any atom is -0.481 e. The number of hydrogen-bond acceptors (Lipinski definition) is 9. The highest BCUT2D eigenvalue weighted by Crippen LogP contribution is 2.28. The second-order valence-corrected chi connectivity index (χ2v) is 9.17. The Labute approximate surface area is 201 Å². The molecule has 2 heterocycles. The number of carboxylic acid groups (broad SMARTS) is 1. The summed E-state index contributed by atoms with van der Waals surface area (Å²) in [5, 5.41) is 30.7. The van der Waals surface area contributed by atoms with Gasteiger partial charge in [-0.3, -0.25) is 14.4 Å². The van der Waals surface area contributed by atoms with Crippen LogP contribution in [0.15, 0.2) is 18.2 Å². The number of carbonyl (C=O) groups is 4. The minimum atomic E-state index is -0.985. The minimum absolute atomic E-state index is 0.127. The number of tetrazole rings is 1. The van der Waals surface area contributed by atoms with E-state index in [0.717, 1.165) is 11.3 Å². The molecule has 5 N–H and O–H groups in total. The maximum absolute atomic E-state index is 13.2. The molecule has 0 saturated heterocycles. The Kier molecular flexibility index (Phi) is 7.99. The Morgan fingerprint density at radius 1 is 1.26 bits per heavy atom. The molecule has 1 aliphatic heterocycles. The van der Waals surface area contributed by atoms with Crippen molar-refractivity contribution in [2.24, 2.45) is 0 Å². The standard InChI is InChI=1S/C22H29N7O6/c1-22(2,3)35-21(34)25-15(5-4-6-18(30)31)19(32)12-7-8-14-13(9-12)10-16(24-14)20(33)23-11-17-26-28-29-27-17/h7-9,15-16,24H,4-6,10-11H2,1-3H3,(H,23,33)(H,25,34)(H,30,31)(H,26,27,28,29). The van der Waals surface area contributed by atoms with Crippen LogP contribution in [-0.4, -0.2) is 67.2 Å². The van der Waals surface area contributed by atoms with Crippen molar-refractivity contribution >= 4 is 29.4 Å². The third-order valence-electron chi connectivity index (χ3n) is 5.16. The van der Waals surface area contributed by atoms with Crippen molar-refractivity contribution in [3.63, 3.8) is 0 Å². The lowest BCUT2D eigenvalue weighted by Gasteiger charge is -2.23. The summed E-state index contributed by atoms with van der Waals surface area (Å²) >= 11 is 0. The molecule has 13 heteroatoms. The van der Waals surface area contributed by atoms with Crippen molar-refractivity contribution in [3.8, 4) is 0 Å². The Balaban J connectivity index is 1.66. The van der Waals surface area contributed by atoms with Gasteiger partial charge >= 0.3 is 12.1 Å². The second kappa shape index (κ2) is 10.9. The number of Topliss-reactive ketones (excluding diaryl/α,β-unsaturated/α-hetero) is 1. The van der Waals surface area contributed by atoms with E-state index in [2.05, 4.69) is 36.6 Å². The summed E-state index contributed by atoms with van der Waals surface area (Å²) < 4.78 is 5.26. The summed E-state index contributed by atoms with van der Waals surface area (Å²) in [5.41, 5.74) is 1.09. The molecule has 35 heavy (non-hydrogen) atoms. The van der Waals surface area contributed by atoms with Gasteiger partial charge < -0.3 is 25.8 Å². The number of benzene rings is 1. The Morgan fingerprint density at radius 3 is 2.69 bits per heavy atom. The molecule has 0 bridgehead atoms. The van der Waals surface area contributed by atoms with E-state index in [1.807, 2.05) is 0 Å². The molecule has 13 nitrogen and oxygen atoms in total. The number of rotatable bonds is 10. The van der Waals surface area contributed by atoms with Crippen molar-refractivity contribution in [2.75, 3.05) is 5.32 Å². The van der Waals surface area contributed by atoms with Gasteiger partial charge in [0.05, 0.1) is 12.6 Å². The molecule has 2 atom stereocenters. The highest BCUT2D eigenvalue weighted by molar-refractivity contribution is 6.02. The van der Waals surface area contributed by atoms with Gasteiger partial charge in [0, 0.05) is 24.1 Å². The Hall–Kier alpha value is -4.03. The molecule has 0 saturated carbocycles. The molecule has 3 rings (SSSR count). The average molecular weight is 488 g/mol. The predicted molar refractivity (Wildman–Crippen MR) is 123 cm³/mol. The monoisotopic (exact) mass is 487 g/mol. The van der Waals surface area contributed by atoms with Crippen LogP contribution in [0.4, 0.5) is 10.5 Å². The molecule has 2 unspecified atom stereocenters. The van der Waals surface area contributed by atoms with E-state index >= 15 is 0 Å². The van der Waals surface area contributed by atoms with E-state index in [4.69, 9.17) is 9.84 Å². The Bertz CT molecular complexity index is 1080. The van der Waals surface area contributed by atoms with Gasteiger partial charge in [-0.25, -0.2) is 4.79 Å². The Morgan fingerprint density at radius 2 is 2.03 bits per heavy atom. The lowest BCUT2D eigenvalue weighted by molar-refractivity contribution is -0.137. The van der Waals surface area contributed by atoms with Crippen LogP contribution in [0.1, 0.15) is 61.8 Å². The number of ether oxygens (including phenoxy) is 1. The zero-order chi connectivity index (χ0) is 25.6. The molecular formula is C22H29N7O6. The van der Waals surface area contributed by atoms with E-state index < -0.39 is 29.7 Å². The first-order chi connectivity index (χ1) is 16.5. The van der Waals surface area contributed by atoms with Gasteiger partial charge in [0.1, 0.15) is 11.6 Å². The van der Waals surface area contributed by atoms with Gasteiger partial charge in [-0.15, -0.1) is 10.2 Å². The molecule has 0 spiro atoms. The summed E-state index contributed by atoms with van der Waals surface area (Å²) in [4.78, 5) is 48.9. The molecule has 0 radical (unpaired) electrons. The summed E-state index contributed by atoms with van der Waals surface area (Å²) in [6, 6.07) is 3.50. The lowest BCUT2D eigenvalue weighted by Crippen LogP contribution is -2.43. The number of hydrogen-bond donors (Lipinski definition) is 5. The fraction of sp³-hybridized carbons (Fsp3) is 0.500. The van der Waals surface area contributed by atoms with Crippen LogP contribution in [0.2, 0.25) is 0 Å². The number of aromatic amines is 1. The maximum atomic E-state index is 13.2. The number of carboxylic acids is 1. The number of aromatic nitrogens is 4. The highest BCUT2D eigenvalue weighted by atomic mass is 16.6. The zero-order valence-corrected chi connectivity index (χ0v) is 19.8. The third kappa shape index (κ3) is 7.48. The lowest BCUT2D eigenvalue weighted by atomic mass is 9.97. The number of carbonyl (C=O) groups excluding carboxylic acids is 3. The van der Waals surface area contributed by atoms with Crippen LogP contribution in [0.5, 0.6) is 0 Å². The molecule has 1 aromatic carbocycles. The first-order valence-electron chi connectivity index (χ1n) is 11.2. The number of anilines is 1. The molecule has 1 aromatic heterocycles. The quantitative estimate of drug-likeness (QED) is 0.304. The molecular weight excluding hydrogens is 458 g/mol. The zero-order valence-electron chi connectivity index (χ0n) is 19.8. The topological polar surface area (TPSA) is 188 Å². The fourth-order valence-corrected chi connectivity index (χ4v) is 3.60. The SMILES string of the molecule is CC(C)(C)OC(=O)NC(CCCC(=O)O)C(=O)c1ccc2c(c1)CC(C(=O)NCc1nn[nH]n1)N2. The molecule has 188 valence electrons. The summed E-state index contributed by atoms with van der Waals surface area (Å²) in [6.07, 6.45) is -0.184. The van der Waals surface area contributed by atoms with E-state index in [1.165, 1.54) is 0 Å². The number of aliphatic carboxylic acids is 1. The van der Waals surface area contributed by atoms with Crippen molar-refractivity contribution in [1.82, 2.24) is 31.3 Å². The number of nitrogens with zero attached hydrogens (tertiary/aromatic N) is 3. The van der Waals surface area contributed by atoms with E-state index in [-0.39, 0.29) is 37.5 Å². The van der Waals surface area contributed by atoms with E-state index in [1.54, 1.807) is 39.0 Å². The predicted octanol–water partition coefficient (Wildman–Crippen LogP) is 1.18. The molecule has 0 aliphatic carbocycles. The smallest absolute Gasteiger partial charge is 0.408 e. The molecule has 0 fully saturated rings. The van der Waals surface area contributed by atoms with Crippen molar-refractivity contribution in [1.29, 1.82) is 0 Å². The largest absolute Gasteiger partial charge is 0.481 e. The van der Waals surface area contributed by atoms with Crippen LogP contribution in [0.3, 0.4) is 0 Å². The first-order valence-corrected chi connectivity index (χ1v) is 11.2. The van der Waals surface area contributed by atoms with Crippen LogP contribution < -0.4 is 16.0 Å². The number of amides is 2. The summed E-state index contributed by atoms with van der Waals surface area (Å²) in [6.45, 7) is 5.24. The second-order valence-electron chi connectivity index (χ2n) is 9.17. The third-order valence-corrected chi connectivity index (χ3v) is 5.16. The molecule has 1 aliphatic rings. The molecule has 2 aromatic rings. The van der Waals surface area contributed by atoms with Crippen LogP contribution in [-0.2, 0) is 27.3 Å². The van der Waals surface area contributed by atoms with Gasteiger partial charge in [-0.05, 0) is 57.4 Å². The van der Waals surface area contributed by atoms with Gasteiger partial charge in [0.15, 0.2) is 11.6 Å². The van der Waals surface area contributed by atoms with E-state index in [9.17, 15) is 19.2 Å². The fourth-order valence-electron chi connectivity index (χ4n) is 3.60. The van der Waals surface area contributed by atoms with Crippen LogP contribution in [0.25, 0.3) is 0 Å². The van der Waals surface area contributed by atoms with Crippen LogP contribution >= 0.6 is 0 Å². The van der Waals surface area contributed by atoms with Crippen LogP contribution in [0, 0.1) is 0 Å². The van der Waals surface area contributed by atoms with Gasteiger partial charge in [-0.1, -0.05) is 5.21 Å². The van der Waals surface area contributed by atoms with Crippen molar-refractivity contribution in [3.05, 3.63) is 35.2 Å². The number of H-pyrrole nitrogens is 1. The van der Waals surface area contributed by atoms with Crippen molar-refractivity contribution in [2.45, 2.75) is 70.7 Å².